The molecule has 0 radical (unpaired) electrons. The number of nitrogens with one attached hydrogen (secondary N) is 2. The van der Waals surface area contributed by atoms with Crippen molar-refractivity contribution in [2.75, 3.05) is 29.5 Å². The number of carbonyl (C=O) groups excluding carboxylic acids is 2. The molecule has 1 aromatic carbocycles. The van der Waals surface area contributed by atoms with Crippen LogP contribution in [0.4, 0.5) is 16.5 Å². The van der Waals surface area contributed by atoms with E-state index >= 15 is 0 Å². The summed E-state index contributed by atoms with van der Waals surface area (Å²) < 4.78 is 1.23. The summed E-state index contributed by atoms with van der Waals surface area (Å²) in [7, 11) is 1.50. The number of primary amides is 1. The Morgan fingerprint density at radius 2 is 1.90 bits per heavy atom. The van der Waals surface area contributed by atoms with E-state index in [2.05, 4.69) is 10.3 Å². The Morgan fingerprint density at radius 3 is 2.57 bits per heavy atom. The second kappa shape index (κ2) is 8.66. The number of nitrogen functional groups attached to an aromatic ring is 1. The smallest absolute Gasteiger partial charge is 0.330 e. The minimum absolute atomic E-state index is 0.0121. The molecule has 6 N–H and O–H groups in total. The quantitative estimate of drug-likeness (QED) is 0.427. The maximum absolute atomic E-state index is 12.4. The maximum Gasteiger partial charge on any atom is 0.330 e. The third kappa shape index (κ3) is 4.41. The van der Waals surface area contributed by atoms with Crippen molar-refractivity contribution in [2.24, 2.45) is 5.73 Å². The number of hydrogen-bond acceptors (Lipinski definition) is 7. The molecule has 10 nitrogen and oxygen atoms in total. The molecule has 3 rings (SSSR count). The Balaban J connectivity index is 1.84. The van der Waals surface area contributed by atoms with Gasteiger partial charge in [-0.05, 0) is 17.0 Å². The summed E-state index contributed by atoms with van der Waals surface area (Å²) in [5.41, 5.74) is 11.1. The van der Waals surface area contributed by atoms with Gasteiger partial charge in [-0.2, -0.15) is 0 Å². The molecule has 0 bridgehead atoms. The van der Waals surface area contributed by atoms with Gasteiger partial charge in [0.1, 0.15) is 16.5 Å². The molecule has 2 heterocycles. The van der Waals surface area contributed by atoms with Crippen molar-refractivity contribution in [1.29, 1.82) is 0 Å². The van der Waals surface area contributed by atoms with E-state index in [9.17, 15) is 19.2 Å². The summed E-state index contributed by atoms with van der Waals surface area (Å²) >= 11 is 1.15. The van der Waals surface area contributed by atoms with Gasteiger partial charge in [0.2, 0.25) is 5.91 Å². The Kier molecular flexibility index (Phi) is 6.02. The summed E-state index contributed by atoms with van der Waals surface area (Å²) in [6, 6.07) is 10.7. The van der Waals surface area contributed by atoms with E-state index in [0.717, 1.165) is 16.9 Å². The van der Waals surface area contributed by atoms with Crippen molar-refractivity contribution in [3.05, 3.63) is 73.7 Å². The van der Waals surface area contributed by atoms with Gasteiger partial charge in [0.25, 0.3) is 11.5 Å². The Hall–Kier alpha value is -3.86. The zero-order valence-corrected chi connectivity index (χ0v) is 16.9. The average Bonchev–Trinajstić information content (AvgIpc) is 3.14. The van der Waals surface area contributed by atoms with Crippen LogP contribution in [0.3, 0.4) is 0 Å². The lowest BCUT2D eigenvalue weighted by Gasteiger charge is -2.21. The summed E-state index contributed by atoms with van der Waals surface area (Å²) in [6.45, 7) is -0.0839. The molecular weight excluding hydrogens is 408 g/mol. The van der Waals surface area contributed by atoms with Gasteiger partial charge in [0.15, 0.2) is 0 Å². The fourth-order valence-electron chi connectivity index (χ4n) is 2.93. The zero-order chi connectivity index (χ0) is 21.8. The van der Waals surface area contributed by atoms with E-state index in [1.165, 1.54) is 22.6 Å². The first-order chi connectivity index (χ1) is 14.3. The standard InChI is InChI=1S/C19H20N6O4S/c1-24(10-13(26)22-18-12(16(21)27)7-8-30-18)14-15(20)25(19(29)23-17(14)28)9-11-5-3-2-4-6-11/h2-8H,9-10,20H2,1H3,(H2,21,27)(H,22,26)(H,23,28,29). The van der Waals surface area contributed by atoms with E-state index in [-0.39, 0.29) is 30.2 Å². The van der Waals surface area contributed by atoms with E-state index in [1.54, 1.807) is 5.38 Å². The second-order valence-corrected chi connectivity index (χ2v) is 7.41. The van der Waals surface area contributed by atoms with E-state index in [0.29, 0.717) is 5.00 Å². The van der Waals surface area contributed by atoms with Gasteiger partial charge in [-0.25, -0.2) is 4.79 Å². The molecule has 0 atom stereocenters. The van der Waals surface area contributed by atoms with Crippen LogP contribution in [0.2, 0.25) is 0 Å². The molecule has 11 heteroatoms. The van der Waals surface area contributed by atoms with Gasteiger partial charge in [-0.1, -0.05) is 30.3 Å². The van der Waals surface area contributed by atoms with Gasteiger partial charge in [-0.15, -0.1) is 11.3 Å². The fourth-order valence-corrected chi connectivity index (χ4v) is 3.74. The van der Waals surface area contributed by atoms with Crippen LogP contribution in [0, 0.1) is 0 Å². The number of anilines is 3. The SMILES string of the molecule is CN(CC(=O)Nc1sccc1C(N)=O)c1c(N)n(Cc2ccccc2)c(=O)[nH]c1=O. The molecule has 0 fully saturated rings. The lowest BCUT2D eigenvalue weighted by atomic mass is 10.2. The van der Waals surface area contributed by atoms with Crippen molar-refractivity contribution >= 4 is 39.7 Å². The van der Waals surface area contributed by atoms with E-state index < -0.39 is 23.1 Å². The molecule has 0 saturated carbocycles. The number of hydrogen-bond donors (Lipinski definition) is 4. The maximum atomic E-state index is 12.4. The number of nitrogens with two attached hydrogens (primary N) is 2. The predicted octanol–water partition coefficient (Wildman–Crippen LogP) is 0.402. The molecule has 0 spiro atoms. The number of carbonyl (C=O) groups is 2. The highest BCUT2D eigenvalue weighted by Crippen LogP contribution is 2.23. The fraction of sp³-hybridized carbons (Fsp3) is 0.158. The summed E-state index contributed by atoms with van der Waals surface area (Å²) in [5, 5.41) is 4.54. The van der Waals surface area contributed by atoms with Crippen LogP contribution in [0.25, 0.3) is 0 Å². The zero-order valence-electron chi connectivity index (χ0n) is 16.0. The number of H-pyrrole nitrogens is 1. The van der Waals surface area contributed by atoms with Crippen LogP contribution >= 0.6 is 11.3 Å². The minimum Gasteiger partial charge on any atom is -0.383 e. The molecule has 2 amide bonds. The molecule has 30 heavy (non-hydrogen) atoms. The number of rotatable bonds is 7. The number of benzene rings is 1. The summed E-state index contributed by atoms with van der Waals surface area (Å²) in [4.78, 5) is 52.0. The first-order valence-electron chi connectivity index (χ1n) is 8.82. The van der Waals surface area contributed by atoms with E-state index in [4.69, 9.17) is 11.5 Å². The van der Waals surface area contributed by atoms with Crippen LogP contribution in [0.5, 0.6) is 0 Å². The monoisotopic (exact) mass is 428 g/mol. The highest BCUT2D eigenvalue weighted by atomic mass is 32.1. The highest BCUT2D eigenvalue weighted by Gasteiger charge is 2.19. The molecular formula is C19H20N6O4S. The van der Waals surface area contributed by atoms with Crippen LogP contribution in [0.15, 0.2) is 51.4 Å². The number of likely N-dealkylation sites (N-methyl/N-ethyl adjacent to an activating group) is 1. The van der Waals surface area contributed by atoms with Crippen molar-refractivity contribution in [3.63, 3.8) is 0 Å². The third-order valence-electron chi connectivity index (χ3n) is 4.34. The van der Waals surface area contributed by atoms with Crippen molar-refractivity contribution in [3.8, 4) is 0 Å². The Labute approximate surface area is 174 Å². The van der Waals surface area contributed by atoms with Gasteiger partial charge < -0.3 is 21.7 Å². The van der Waals surface area contributed by atoms with Crippen molar-refractivity contribution < 1.29 is 9.59 Å². The minimum atomic E-state index is -0.703. The first-order valence-corrected chi connectivity index (χ1v) is 9.70. The molecule has 0 unspecified atom stereocenters. The second-order valence-electron chi connectivity index (χ2n) is 6.50. The van der Waals surface area contributed by atoms with Crippen LogP contribution < -0.4 is 32.9 Å². The highest BCUT2D eigenvalue weighted by molar-refractivity contribution is 7.14. The van der Waals surface area contributed by atoms with Gasteiger partial charge in [0.05, 0.1) is 18.7 Å². The number of aromatic amines is 1. The van der Waals surface area contributed by atoms with Crippen LogP contribution in [0.1, 0.15) is 15.9 Å². The van der Waals surface area contributed by atoms with Crippen LogP contribution in [-0.2, 0) is 11.3 Å². The number of thiophene rings is 1. The Bertz CT molecular complexity index is 1200. The van der Waals surface area contributed by atoms with Crippen molar-refractivity contribution in [2.45, 2.75) is 6.54 Å². The molecule has 0 aliphatic heterocycles. The van der Waals surface area contributed by atoms with Gasteiger partial charge in [0, 0.05) is 7.05 Å². The summed E-state index contributed by atoms with van der Waals surface area (Å²) in [6.07, 6.45) is 0. The number of amides is 2. The normalized spacial score (nSPS) is 10.6. The Morgan fingerprint density at radius 1 is 1.20 bits per heavy atom. The molecule has 156 valence electrons. The van der Waals surface area contributed by atoms with Gasteiger partial charge in [-0.3, -0.25) is 23.9 Å². The molecule has 2 aromatic heterocycles. The largest absolute Gasteiger partial charge is 0.383 e. The third-order valence-corrected chi connectivity index (χ3v) is 5.17. The molecule has 0 aliphatic carbocycles. The predicted molar refractivity (Wildman–Crippen MR) is 116 cm³/mol. The van der Waals surface area contributed by atoms with Crippen molar-refractivity contribution in [1.82, 2.24) is 9.55 Å². The number of nitrogens with zero attached hydrogens (tertiary/aromatic N) is 2. The number of aromatic nitrogens is 2. The van der Waals surface area contributed by atoms with Crippen LogP contribution in [-0.4, -0.2) is 35.0 Å². The summed E-state index contributed by atoms with van der Waals surface area (Å²) in [5.74, 6) is -1.20. The van der Waals surface area contributed by atoms with Gasteiger partial charge >= 0.3 is 5.69 Å². The topological polar surface area (TPSA) is 156 Å². The lowest BCUT2D eigenvalue weighted by Crippen LogP contribution is -2.39. The van der Waals surface area contributed by atoms with E-state index in [1.807, 2.05) is 30.3 Å². The molecule has 0 saturated heterocycles. The molecule has 3 aromatic rings. The lowest BCUT2D eigenvalue weighted by molar-refractivity contribution is -0.114. The molecule has 0 aliphatic rings. The first kappa shape index (κ1) is 20.9. The average molecular weight is 428 g/mol.